The molecule has 23 heavy (non-hydrogen) atoms. The van der Waals surface area contributed by atoms with Crippen LogP contribution in [0, 0.1) is 5.92 Å². The normalized spacial score (nSPS) is 16.6. The first kappa shape index (κ1) is 17.4. The van der Waals surface area contributed by atoms with E-state index >= 15 is 0 Å². The molecule has 2 amide bonds. The lowest BCUT2D eigenvalue weighted by Gasteiger charge is -2.26. The van der Waals surface area contributed by atoms with Crippen molar-refractivity contribution >= 4 is 11.8 Å². The molecule has 1 unspecified atom stereocenters. The van der Waals surface area contributed by atoms with Crippen LogP contribution in [0.1, 0.15) is 28.8 Å². The summed E-state index contributed by atoms with van der Waals surface area (Å²) in [5.74, 6) is -0.0305. The van der Waals surface area contributed by atoms with Gasteiger partial charge in [0.05, 0.1) is 6.04 Å². The molecule has 0 spiro atoms. The minimum absolute atomic E-state index is 0.112. The van der Waals surface area contributed by atoms with Crippen LogP contribution < -0.4 is 16.4 Å². The molecule has 0 saturated carbocycles. The number of hydrogen-bond acceptors (Lipinski definition) is 4. The van der Waals surface area contributed by atoms with Crippen molar-refractivity contribution < 1.29 is 14.3 Å². The SMILES string of the molecule is CNC(=O)c1cccc(CCNC(=O)C(N)C2CCOCC2)c1. The standard InChI is InChI=1S/C17H25N3O3/c1-19-16(21)14-4-2-3-12(11-14)5-8-20-17(22)15(18)13-6-9-23-10-7-13/h2-4,11,13,15H,5-10,18H2,1H3,(H,19,21)(H,20,22). The van der Waals surface area contributed by atoms with Crippen LogP contribution in [0.25, 0.3) is 0 Å². The summed E-state index contributed by atoms with van der Waals surface area (Å²) in [5.41, 5.74) is 7.66. The van der Waals surface area contributed by atoms with Crippen LogP contribution >= 0.6 is 0 Å². The highest BCUT2D eigenvalue weighted by atomic mass is 16.5. The maximum atomic E-state index is 12.1. The molecule has 0 aliphatic carbocycles. The summed E-state index contributed by atoms with van der Waals surface area (Å²) in [6.45, 7) is 1.86. The number of benzene rings is 1. The summed E-state index contributed by atoms with van der Waals surface area (Å²) in [4.78, 5) is 23.7. The van der Waals surface area contributed by atoms with Crippen molar-refractivity contribution in [1.29, 1.82) is 0 Å². The molecule has 1 aliphatic heterocycles. The zero-order valence-electron chi connectivity index (χ0n) is 13.5. The first-order valence-electron chi connectivity index (χ1n) is 8.04. The zero-order chi connectivity index (χ0) is 16.7. The van der Waals surface area contributed by atoms with Crippen LogP contribution in [0.2, 0.25) is 0 Å². The predicted molar refractivity (Wildman–Crippen MR) is 88.1 cm³/mol. The van der Waals surface area contributed by atoms with Gasteiger partial charge in [0.25, 0.3) is 5.91 Å². The average Bonchev–Trinajstić information content (AvgIpc) is 2.61. The van der Waals surface area contributed by atoms with Crippen molar-refractivity contribution in [3.63, 3.8) is 0 Å². The van der Waals surface area contributed by atoms with Gasteiger partial charge in [-0.15, -0.1) is 0 Å². The summed E-state index contributed by atoms with van der Waals surface area (Å²) >= 11 is 0. The topological polar surface area (TPSA) is 93.5 Å². The fraction of sp³-hybridized carbons (Fsp3) is 0.529. The van der Waals surface area contributed by atoms with Gasteiger partial charge in [-0.2, -0.15) is 0 Å². The zero-order valence-corrected chi connectivity index (χ0v) is 13.5. The lowest BCUT2D eigenvalue weighted by Crippen LogP contribution is -2.47. The van der Waals surface area contributed by atoms with Crippen molar-refractivity contribution in [1.82, 2.24) is 10.6 Å². The van der Waals surface area contributed by atoms with Gasteiger partial charge in [0.2, 0.25) is 5.91 Å². The lowest BCUT2D eigenvalue weighted by atomic mass is 9.92. The van der Waals surface area contributed by atoms with E-state index in [1.165, 1.54) is 0 Å². The highest BCUT2D eigenvalue weighted by molar-refractivity contribution is 5.94. The molecule has 1 aromatic rings. The quantitative estimate of drug-likeness (QED) is 0.710. The van der Waals surface area contributed by atoms with Crippen molar-refractivity contribution in [2.24, 2.45) is 11.7 Å². The van der Waals surface area contributed by atoms with E-state index in [0.29, 0.717) is 31.7 Å². The Morgan fingerprint density at radius 1 is 1.35 bits per heavy atom. The molecule has 0 radical (unpaired) electrons. The van der Waals surface area contributed by atoms with E-state index in [-0.39, 0.29) is 17.7 Å². The summed E-state index contributed by atoms with van der Waals surface area (Å²) in [7, 11) is 1.60. The number of carbonyl (C=O) groups excluding carboxylic acids is 2. The van der Waals surface area contributed by atoms with Gasteiger partial charge < -0.3 is 21.1 Å². The Bertz CT molecular complexity index is 542. The minimum atomic E-state index is -0.476. The third-order valence-electron chi connectivity index (χ3n) is 4.21. The van der Waals surface area contributed by atoms with Crippen molar-refractivity contribution in [2.45, 2.75) is 25.3 Å². The molecule has 6 nitrogen and oxygen atoms in total. The summed E-state index contributed by atoms with van der Waals surface area (Å²) in [5, 5.41) is 5.48. The molecule has 0 aromatic heterocycles. The third-order valence-corrected chi connectivity index (χ3v) is 4.21. The van der Waals surface area contributed by atoms with E-state index in [1.54, 1.807) is 13.1 Å². The molecule has 0 bridgehead atoms. The first-order chi connectivity index (χ1) is 11.1. The second kappa shape index (κ2) is 8.64. The molecule has 1 saturated heterocycles. The maximum Gasteiger partial charge on any atom is 0.251 e. The van der Waals surface area contributed by atoms with E-state index in [9.17, 15) is 9.59 Å². The van der Waals surface area contributed by atoms with Crippen molar-refractivity contribution in [3.05, 3.63) is 35.4 Å². The average molecular weight is 319 g/mol. The molecule has 2 rings (SSSR count). The molecule has 126 valence electrons. The lowest BCUT2D eigenvalue weighted by molar-refractivity contribution is -0.124. The predicted octanol–water partition coefficient (Wildman–Crippen LogP) is 0.459. The molecule has 1 aliphatic rings. The van der Waals surface area contributed by atoms with Crippen LogP contribution in [-0.4, -0.2) is 44.7 Å². The van der Waals surface area contributed by atoms with Gasteiger partial charge in [-0.25, -0.2) is 0 Å². The molecule has 1 atom stereocenters. The molecule has 6 heteroatoms. The third kappa shape index (κ3) is 5.04. The Morgan fingerprint density at radius 2 is 2.09 bits per heavy atom. The fourth-order valence-electron chi connectivity index (χ4n) is 2.75. The van der Waals surface area contributed by atoms with Crippen LogP contribution in [0.15, 0.2) is 24.3 Å². The van der Waals surface area contributed by atoms with Crippen LogP contribution in [-0.2, 0) is 16.0 Å². The minimum Gasteiger partial charge on any atom is -0.381 e. The van der Waals surface area contributed by atoms with Gasteiger partial charge in [-0.05, 0) is 42.9 Å². The van der Waals surface area contributed by atoms with E-state index in [0.717, 1.165) is 18.4 Å². The number of nitrogens with one attached hydrogen (secondary N) is 2. The van der Waals surface area contributed by atoms with Crippen LogP contribution in [0.5, 0.6) is 0 Å². The maximum absolute atomic E-state index is 12.1. The highest BCUT2D eigenvalue weighted by Crippen LogP contribution is 2.17. The fourth-order valence-corrected chi connectivity index (χ4v) is 2.75. The molecular formula is C17H25N3O3. The second-order valence-corrected chi connectivity index (χ2v) is 5.80. The van der Waals surface area contributed by atoms with E-state index < -0.39 is 6.04 Å². The van der Waals surface area contributed by atoms with Gasteiger partial charge in [0.1, 0.15) is 0 Å². The van der Waals surface area contributed by atoms with E-state index in [4.69, 9.17) is 10.5 Å². The summed E-state index contributed by atoms with van der Waals surface area (Å²) in [6, 6.07) is 6.91. The monoisotopic (exact) mass is 319 g/mol. The number of ether oxygens (including phenoxy) is 1. The molecule has 1 aromatic carbocycles. The Balaban J connectivity index is 1.80. The summed E-state index contributed by atoms with van der Waals surface area (Å²) in [6.07, 6.45) is 2.34. The number of hydrogen-bond donors (Lipinski definition) is 3. The van der Waals surface area contributed by atoms with E-state index in [2.05, 4.69) is 10.6 Å². The Morgan fingerprint density at radius 3 is 2.78 bits per heavy atom. The first-order valence-corrected chi connectivity index (χ1v) is 8.04. The Kier molecular flexibility index (Phi) is 6.55. The number of nitrogens with two attached hydrogens (primary N) is 1. The van der Waals surface area contributed by atoms with Crippen molar-refractivity contribution in [2.75, 3.05) is 26.8 Å². The number of rotatable bonds is 6. The largest absolute Gasteiger partial charge is 0.381 e. The second-order valence-electron chi connectivity index (χ2n) is 5.80. The van der Waals surface area contributed by atoms with Gasteiger partial charge in [-0.3, -0.25) is 9.59 Å². The number of carbonyl (C=O) groups is 2. The molecule has 1 fully saturated rings. The van der Waals surface area contributed by atoms with Gasteiger partial charge in [0, 0.05) is 32.4 Å². The summed E-state index contributed by atoms with van der Waals surface area (Å²) < 4.78 is 5.29. The van der Waals surface area contributed by atoms with Gasteiger partial charge in [0.15, 0.2) is 0 Å². The Labute approximate surface area is 136 Å². The highest BCUT2D eigenvalue weighted by Gasteiger charge is 2.26. The van der Waals surface area contributed by atoms with Crippen LogP contribution in [0.4, 0.5) is 0 Å². The van der Waals surface area contributed by atoms with Gasteiger partial charge in [-0.1, -0.05) is 12.1 Å². The smallest absolute Gasteiger partial charge is 0.251 e. The Hall–Kier alpha value is -1.92. The van der Waals surface area contributed by atoms with E-state index in [1.807, 2.05) is 18.2 Å². The molecule has 1 heterocycles. The molecular weight excluding hydrogens is 294 g/mol. The number of amides is 2. The van der Waals surface area contributed by atoms with Gasteiger partial charge >= 0.3 is 0 Å². The molecule has 4 N–H and O–H groups in total. The van der Waals surface area contributed by atoms with Crippen molar-refractivity contribution in [3.8, 4) is 0 Å². The van der Waals surface area contributed by atoms with Crippen LogP contribution in [0.3, 0.4) is 0 Å².